The maximum atomic E-state index is 12.2. The van der Waals surface area contributed by atoms with Crippen molar-refractivity contribution in [2.75, 3.05) is 26.7 Å². The monoisotopic (exact) mass is 590 g/mol. The second-order valence-electron chi connectivity index (χ2n) is 10.8. The van der Waals surface area contributed by atoms with Gasteiger partial charge in [-0.3, -0.25) is 8.37 Å². The molecule has 4 saturated heterocycles. The Morgan fingerprint density at radius 3 is 1.24 bits per heavy atom. The number of hydrogen-bond donors (Lipinski definition) is 0. The molecule has 4 aliphatic rings. The van der Waals surface area contributed by atoms with E-state index >= 15 is 0 Å². The minimum absolute atomic E-state index is 0.0134. The molecule has 0 spiro atoms. The van der Waals surface area contributed by atoms with Gasteiger partial charge in [-0.2, -0.15) is 16.8 Å². The molecule has 222 valence electrons. The highest BCUT2D eigenvalue weighted by atomic mass is 32.2. The van der Waals surface area contributed by atoms with Crippen molar-refractivity contribution in [2.24, 2.45) is 0 Å². The van der Waals surface area contributed by atoms with Crippen molar-refractivity contribution in [1.82, 2.24) is 0 Å². The van der Waals surface area contributed by atoms with Gasteiger partial charge in [0.25, 0.3) is 20.2 Å². The smallest absolute Gasteiger partial charge is 0.264 e. The summed E-state index contributed by atoms with van der Waals surface area (Å²) in [6, 6.07) is 0. The van der Waals surface area contributed by atoms with E-state index in [2.05, 4.69) is 0 Å². The van der Waals surface area contributed by atoms with E-state index in [-0.39, 0.29) is 12.8 Å². The maximum absolute atomic E-state index is 12.2. The second kappa shape index (κ2) is 10.7. The fraction of sp³-hybridized carbons (Fsp3) is 1.00. The Morgan fingerprint density at radius 1 is 0.632 bits per heavy atom. The molecule has 16 heteroatoms. The third kappa shape index (κ3) is 6.86. The molecule has 0 saturated carbocycles. The van der Waals surface area contributed by atoms with Crippen LogP contribution in [0.5, 0.6) is 0 Å². The highest BCUT2D eigenvalue weighted by molar-refractivity contribution is 7.86. The second-order valence-corrected chi connectivity index (χ2v) is 14.0. The lowest BCUT2D eigenvalue weighted by Gasteiger charge is -2.31. The standard InChI is InChI=1S/C22H38O14S2/c1-21(2)31-15-13(29-19(27-5)17(15)33-21)11(35-37(7,23)24)9-10-12(36-38(8,25)26)14-16-18(20(28-6)30-14)34-22(3,4)32-16/h11-20H,9-10H2,1-8H3/t11-,12-,13+,14+,15-,16-,17-,18-,19-,20-/m0/s1. The van der Waals surface area contributed by atoms with Crippen molar-refractivity contribution in [2.45, 2.75) is 114 Å². The Balaban J connectivity index is 1.58. The minimum atomic E-state index is -3.96. The summed E-state index contributed by atoms with van der Waals surface area (Å²) in [4.78, 5) is 0. The highest BCUT2D eigenvalue weighted by Gasteiger charge is 2.60. The summed E-state index contributed by atoms with van der Waals surface area (Å²) in [5.74, 6) is -1.92. The molecule has 0 aromatic rings. The first-order chi connectivity index (χ1) is 17.4. The first kappa shape index (κ1) is 30.5. The van der Waals surface area contributed by atoms with Gasteiger partial charge in [-0.15, -0.1) is 0 Å². The van der Waals surface area contributed by atoms with Crippen LogP contribution in [0.3, 0.4) is 0 Å². The predicted molar refractivity (Wildman–Crippen MR) is 128 cm³/mol. The van der Waals surface area contributed by atoms with Crippen LogP contribution in [-0.2, 0) is 66.5 Å². The van der Waals surface area contributed by atoms with Gasteiger partial charge < -0.3 is 37.9 Å². The van der Waals surface area contributed by atoms with Crippen molar-refractivity contribution in [3.8, 4) is 0 Å². The first-order valence-corrected chi connectivity index (χ1v) is 15.9. The van der Waals surface area contributed by atoms with E-state index in [0.29, 0.717) is 0 Å². The quantitative estimate of drug-likeness (QED) is 0.301. The molecule has 10 atom stereocenters. The molecule has 0 unspecified atom stereocenters. The van der Waals surface area contributed by atoms with Gasteiger partial charge in [0.1, 0.15) is 48.8 Å². The molecular formula is C22H38O14S2. The summed E-state index contributed by atoms with van der Waals surface area (Å²) in [5, 5.41) is 0. The number of methoxy groups -OCH3 is 2. The molecule has 0 N–H and O–H groups in total. The summed E-state index contributed by atoms with van der Waals surface area (Å²) in [5.41, 5.74) is 0. The van der Waals surface area contributed by atoms with Gasteiger partial charge in [0.15, 0.2) is 24.2 Å². The van der Waals surface area contributed by atoms with Crippen LogP contribution in [0, 0.1) is 0 Å². The minimum Gasteiger partial charge on any atom is -0.353 e. The van der Waals surface area contributed by atoms with Crippen LogP contribution in [0.4, 0.5) is 0 Å². The zero-order valence-corrected chi connectivity index (χ0v) is 24.4. The van der Waals surface area contributed by atoms with Gasteiger partial charge in [-0.1, -0.05) is 0 Å². The van der Waals surface area contributed by atoms with Crippen LogP contribution in [-0.4, -0.2) is 117 Å². The third-order valence-electron chi connectivity index (χ3n) is 6.62. The summed E-state index contributed by atoms with van der Waals surface area (Å²) in [7, 11) is -5.04. The molecule has 4 heterocycles. The van der Waals surface area contributed by atoms with Crippen LogP contribution < -0.4 is 0 Å². The number of rotatable bonds is 11. The topological polar surface area (TPSA) is 161 Å². The summed E-state index contributed by atoms with van der Waals surface area (Å²) in [6.07, 6.45) is -6.49. The lowest BCUT2D eigenvalue weighted by atomic mass is 9.97. The number of hydrogen-bond acceptors (Lipinski definition) is 14. The predicted octanol–water partition coefficient (Wildman–Crippen LogP) is 0.239. The zero-order chi connectivity index (χ0) is 28.3. The maximum Gasteiger partial charge on any atom is 0.264 e. The Kier molecular flexibility index (Phi) is 8.59. The normalized spacial score (nSPS) is 39.7. The average molecular weight is 591 g/mol. The van der Waals surface area contributed by atoms with E-state index in [1.165, 1.54) is 14.2 Å². The molecule has 4 aliphatic heterocycles. The fourth-order valence-electron chi connectivity index (χ4n) is 5.47. The van der Waals surface area contributed by atoms with Gasteiger partial charge in [-0.25, -0.2) is 0 Å². The molecule has 0 aromatic carbocycles. The van der Waals surface area contributed by atoms with E-state index in [9.17, 15) is 16.8 Å². The van der Waals surface area contributed by atoms with Gasteiger partial charge in [0.05, 0.1) is 12.5 Å². The number of fused-ring (bicyclic) bond motifs is 2. The van der Waals surface area contributed by atoms with Crippen molar-refractivity contribution in [1.29, 1.82) is 0 Å². The Morgan fingerprint density at radius 2 is 0.947 bits per heavy atom. The van der Waals surface area contributed by atoms with E-state index in [4.69, 9.17) is 46.3 Å². The van der Waals surface area contributed by atoms with Crippen molar-refractivity contribution in [3.05, 3.63) is 0 Å². The van der Waals surface area contributed by atoms with Gasteiger partial charge in [0.2, 0.25) is 0 Å². The SMILES string of the molecule is CO[C@H]1O[C@H]([C@H](CC[C@H](OS(C)(=O)=O)[C@H]2O[C@H](OC)[C@H]3OC(C)(C)O[C@H]32)OS(C)(=O)=O)[C@@H]2OC(C)(C)O[C@H]12. The summed E-state index contributed by atoms with van der Waals surface area (Å²) in [6.45, 7) is 6.90. The van der Waals surface area contributed by atoms with Crippen molar-refractivity contribution >= 4 is 20.2 Å². The fourth-order valence-corrected chi connectivity index (χ4v) is 6.78. The summed E-state index contributed by atoms with van der Waals surface area (Å²) < 4.78 is 106. The van der Waals surface area contributed by atoms with Crippen LogP contribution in [0.1, 0.15) is 40.5 Å². The van der Waals surface area contributed by atoms with Crippen LogP contribution in [0.2, 0.25) is 0 Å². The van der Waals surface area contributed by atoms with Crippen LogP contribution in [0.15, 0.2) is 0 Å². The van der Waals surface area contributed by atoms with E-state index in [1.54, 1.807) is 27.7 Å². The molecular weight excluding hydrogens is 552 g/mol. The Labute approximate surface area is 223 Å². The molecule has 14 nitrogen and oxygen atoms in total. The largest absolute Gasteiger partial charge is 0.353 e. The van der Waals surface area contributed by atoms with E-state index < -0.39 is 93.2 Å². The van der Waals surface area contributed by atoms with Crippen molar-refractivity contribution in [3.63, 3.8) is 0 Å². The van der Waals surface area contributed by atoms with Crippen LogP contribution in [0.25, 0.3) is 0 Å². The lowest BCUT2D eigenvalue weighted by molar-refractivity contribution is -0.238. The molecule has 0 bridgehead atoms. The number of ether oxygens (including phenoxy) is 8. The molecule has 0 aliphatic carbocycles. The average Bonchev–Trinajstić information content (AvgIpc) is 3.44. The van der Waals surface area contributed by atoms with Gasteiger partial charge >= 0.3 is 0 Å². The highest BCUT2D eigenvalue weighted by Crippen LogP contribution is 2.43. The van der Waals surface area contributed by atoms with Gasteiger partial charge in [-0.05, 0) is 40.5 Å². The van der Waals surface area contributed by atoms with Crippen molar-refractivity contribution < 1.29 is 63.1 Å². The first-order valence-electron chi connectivity index (χ1n) is 12.3. The van der Waals surface area contributed by atoms with Crippen LogP contribution >= 0.6 is 0 Å². The molecule has 0 amide bonds. The molecule has 0 aromatic heterocycles. The lowest BCUT2D eigenvalue weighted by Crippen LogP contribution is -2.44. The molecule has 4 fully saturated rings. The molecule has 4 rings (SSSR count). The van der Waals surface area contributed by atoms with Gasteiger partial charge in [0, 0.05) is 14.2 Å². The third-order valence-corrected chi connectivity index (χ3v) is 7.82. The van der Waals surface area contributed by atoms with E-state index in [1.807, 2.05) is 0 Å². The Hall–Kier alpha value is -0.500. The molecule has 0 radical (unpaired) electrons. The van der Waals surface area contributed by atoms with E-state index in [0.717, 1.165) is 12.5 Å². The molecule has 38 heavy (non-hydrogen) atoms. The zero-order valence-electron chi connectivity index (χ0n) is 22.7. The Bertz CT molecular complexity index is 976. The summed E-state index contributed by atoms with van der Waals surface area (Å²) >= 11 is 0.